The molecule has 3 aromatic rings. The Morgan fingerprint density at radius 1 is 1.04 bits per heavy atom. The lowest BCUT2D eigenvalue weighted by Crippen LogP contribution is -2.12. The Kier molecular flexibility index (Phi) is 4.24. The second-order valence-electron chi connectivity index (χ2n) is 5.64. The predicted molar refractivity (Wildman–Crippen MR) is 94.2 cm³/mol. The number of aromatic amines is 1. The first-order chi connectivity index (χ1) is 11.5. The molecule has 0 saturated heterocycles. The normalized spacial score (nSPS) is 10.4. The number of nitrogens with zero attached hydrogens (tertiary/aromatic N) is 1. The second-order valence-corrected chi connectivity index (χ2v) is 5.64. The number of aryl methyl sites for hydroxylation is 2. The van der Waals surface area contributed by atoms with Gasteiger partial charge in [0.15, 0.2) is 0 Å². The summed E-state index contributed by atoms with van der Waals surface area (Å²) in [4.78, 5) is 30.9. The molecular weight excluding hydrogens is 302 g/mol. The van der Waals surface area contributed by atoms with Gasteiger partial charge in [-0.3, -0.25) is 9.59 Å². The molecule has 0 aliphatic heterocycles. The summed E-state index contributed by atoms with van der Waals surface area (Å²) in [7, 11) is 0. The van der Waals surface area contributed by atoms with E-state index >= 15 is 0 Å². The summed E-state index contributed by atoms with van der Waals surface area (Å²) in [6, 6.07) is 16.0. The van der Waals surface area contributed by atoms with Gasteiger partial charge in [-0.15, -0.1) is 0 Å². The smallest absolute Gasteiger partial charge is 0.255 e. The minimum Gasteiger partial charge on any atom is -0.322 e. The van der Waals surface area contributed by atoms with E-state index in [0.717, 1.165) is 11.1 Å². The Hall–Kier alpha value is -3.21. The summed E-state index contributed by atoms with van der Waals surface area (Å²) in [5, 5.41) is 2.86. The molecule has 0 atom stereocenters. The van der Waals surface area contributed by atoms with Crippen molar-refractivity contribution >= 4 is 11.6 Å². The Morgan fingerprint density at radius 2 is 1.79 bits per heavy atom. The molecule has 0 fully saturated rings. The molecule has 5 heteroatoms. The largest absolute Gasteiger partial charge is 0.322 e. The van der Waals surface area contributed by atoms with Gasteiger partial charge in [-0.25, -0.2) is 4.98 Å². The van der Waals surface area contributed by atoms with Crippen LogP contribution in [0.2, 0.25) is 0 Å². The highest BCUT2D eigenvalue weighted by Gasteiger charge is 2.08. The first kappa shape index (κ1) is 15.7. The van der Waals surface area contributed by atoms with Gasteiger partial charge in [0.05, 0.1) is 0 Å². The van der Waals surface area contributed by atoms with Crippen LogP contribution < -0.4 is 10.9 Å². The number of anilines is 1. The van der Waals surface area contributed by atoms with Crippen molar-refractivity contribution < 1.29 is 4.79 Å². The lowest BCUT2D eigenvalue weighted by atomic mass is 10.1. The van der Waals surface area contributed by atoms with Crippen molar-refractivity contribution in [2.75, 3.05) is 5.32 Å². The molecule has 0 aliphatic rings. The minimum atomic E-state index is -0.202. The minimum absolute atomic E-state index is 0.183. The highest BCUT2D eigenvalue weighted by molar-refractivity contribution is 6.04. The Labute approximate surface area is 139 Å². The van der Waals surface area contributed by atoms with Crippen molar-refractivity contribution in [1.82, 2.24) is 9.97 Å². The van der Waals surface area contributed by atoms with Crippen LogP contribution in [0.25, 0.3) is 11.4 Å². The quantitative estimate of drug-likeness (QED) is 0.778. The standard InChI is InChI=1S/C19H17N3O2/c1-12-6-8-14(9-7-12)19(24)21-16-5-3-4-15(11-16)18-20-13(2)10-17(23)22-18/h3-11H,1-2H3,(H,21,24)(H,20,22,23). The summed E-state index contributed by atoms with van der Waals surface area (Å²) in [5.41, 5.74) is 3.50. The molecule has 1 heterocycles. The van der Waals surface area contributed by atoms with Crippen molar-refractivity contribution in [1.29, 1.82) is 0 Å². The molecule has 0 spiro atoms. The van der Waals surface area contributed by atoms with Crippen LogP contribution in [0.5, 0.6) is 0 Å². The molecule has 5 nitrogen and oxygen atoms in total. The molecule has 24 heavy (non-hydrogen) atoms. The van der Waals surface area contributed by atoms with Gasteiger partial charge in [0, 0.05) is 28.6 Å². The van der Waals surface area contributed by atoms with Gasteiger partial charge < -0.3 is 10.3 Å². The molecule has 0 unspecified atom stereocenters. The molecule has 0 saturated carbocycles. The van der Waals surface area contributed by atoms with Crippen LogP contribution in [0.3, 0.4) is 0 Å². The summed E-state index contributed by atoms with van der Waals surface area (Å²) >= 11 is 0. The predicted octanol–water partition coefficient (Wildman–Crippen LogP) is 3.31. The number of H-pyrrole nitrogens is 1. The molecular formula is C19H17N3O2. The number of carbonyl (C=O) groups is 1. The number of hydrogen-bond acceptors (Lipinski definition) is 3. The van der Waals surface area contributed by atoms with E-state index in [2.05, 4.69) is 15.3 Å². The number of nitrogens with one attached hydrogen (secondary N) is 2. The average Bonchev–Trinajstić information content (AvgIpc) is 2.55. The molecule has 3 rings (SSSR count). The van der Waals surface area contributed by atoms with E-state index in [0.29, 0.717) is 22.8 Å². The maximum Gasteiger partial charge on any atom is 0.255 e. The zero-order valence-corrected chi connectivity index (χ0v) is 13.5. The molecule has 0 aliphatic carbocycles. The molecule has 1 aromatic heterocycles. The monoisotopic (exact) mass is 319 g/mol. The van der Waals surface area contributed by atoms with Crippen molar-refractivity contribution in [2.45, 2.75) is 13.8 Å². The molecule has 2 N–H and O–H groups in total. The summed E-state index contributed by atoms with van der Waals surface area (Å²) in [6.45, 7) is 3.74. The van der Waals surface area contributed by atoms with Crippen LogP contribution in [-0.2, 0) is 0 Å². The number of benzene rings is 2. The fraction of sp³-hybridized carbons (Fsp3) is 0.105. The van der Waals surface area contributed by atoms with E-state index in [1.54, 1.807) is 31.2 Å². The van der Waals surface area contributed by atoms with E-state index in [1.165, 1.54) is 6.07 Å². The highest BCUT2D eigenvalue weighted by atomic mass is 16.1. The summed E-state index contributed by atoms with van der Waals surface area (Å²) < 4.78 is 0. The van der Waals surface area contributed by atoms with Crippen molar-refractivity contribution in [3.63, 3.8) is 0 Å². The fourth-order valence-corrected chi connectivity index (χ4v) is 2.37. The number of amides is 1. The fourth-order valence-electron chi connectivity index (χ4n) is 2.37. The zero-order valence-electron chi connectivity index (χ0n) is 13.5. The zero-order chi connectivity index (χ0) is 17.1. The Balaban J connectivity index is 1.86. The highest BCUT2D eigenvalue weighted by Crippen LogP contribution is 2.19. The van der Waals surface area contributed by atoms with E-state index < -0.39 is 0 Å². The molecule has 2 aromatic carbocycles. The summed E-state index contributed by atoms with van der Waals surface area (Å²) in [6.07, 6.45) is 0. The van der Waals surface area contributed by atoms with Gasteiger partial charge >= 0.3 is 0 Å². The van der Waals surface area contributed by atoms with Crippen molar-refractivity contribution in [2.24, 2.45) is 0 Å². The summed E-state index contributed by atoms with van der Waals surface area (Å²) in [5.74, 6) is 0.296. The van der Waals surface area contributed by atoms with Gasteiger partial charge in [-0.1, -0.05) is 29.8 Å². The molecule has 0 radical (unpaired) electrons. The maximum absolute atomic E-state index is 12.3. The lowest BCUT2D eigenvalue weighted by Gasteiger charge is -2.08. The van der Waals surface area contributed by atoms with Crippen molar-refractivity contribution in [3.05, 3.63) is 81.8 Å². The van der Waals surface area contributed by atoms with Crippen molar-refractivity contribution in [3.8, 4) is 11.4 Å². The SMILES string of the molecule is Cc1ccc(C(=O)Nc2cccc(-c3nc(C)cc(=O)[nH]3)c2)cc1. The molecule has 1 amide bonds. The average molecular weight is 319 g/mol. The Morgan fingerprint density at radius 3 is 2.50 bits per heavy atom. The third-order valence-corrected chi connectivity index (χ3v) is 3.58. The second kappa shape index (κ2) is 6.50. The maximum atomic E-state index is 12.3. The van der Waals surface area contributed by atoms with E-state index in [9.17, 15) is 9.59 Å². The third-order valence-electron chi connectivity index (χ3n) is 3.58. The first-order valence-electron chi connectivity index (χ1n) is 7.58. The van der Waals surface area contributed by atoms with Crippen LogP contribution in [0.4, 0.5) is 5.69 Å². The van der Waals surface area contributed by atoms with Gasteiger partial charge in [0.1, 0.15) is 5.82 Å². The van der Waals surface area contributed by atoms with E-state index in [4.69, 9.17) is 0 Å². The van der Waals surface area contributed by atoms with E-state index in [1.807, 2.05) is 31.2 Å². The van der Waals surface area contributed by atoms with E-state index in [-0.39, 0.29) is 11.5 Å². The molecule has 0 bridgehead atoms. The number of rotatable bonds is 3. The lowest BCUT2D eigenvalue weighted by molar-refractivity contribution is 0.102. The van der Waals surface area contributed by atoms with Gasteiger partial charge in [-0.2, -0.15) is 0 Å². The van der Waals surface area contributed by atoms with Gasteiger partial charge in [-0.05, 0) is 38.1 Å². The van der Waals surface area contributed by atoms with Crippen LogP contribution in [0.15, 0.2) is 59.4 Å². The topological polar surface area (TPSA) is 74.8 Å². The van der Waals surface area contributed by atoms with Crippen LogP contribution in [0.1, 0.15) is 21.6 Å². The van der Waals surface area contributed by atoms with Gasteiger partial charge in [0.25, 0.3) is 11.5 Å². The van der Waals surface area contributed by atoms with Crippen LogP contribution >= 0.6 is 0 Å². The number of aromatic nitrogens is 2. The van der Waals surface area contributed by atoms with Crippen LogP contribution in [-0.4, -0.2) is 15.9 Å². The molecule has 120 valence electrons. The first-order valence-corrected chi connectivity index (χ1v) is 7.58. The number of carbonyl (C=O) groups excluding carboxylic acids is 1. The van der Waals surface area contributed by atoms with Crippen LogP contribution in [0, 0.1) is 13.8 Å². The van der Waals surface area contributed by atoms with Gasteiger partial charge in [0.2, 0.25) is 0 Å². The third kappa shape index (κ3) is 3.57. The number of hydrogen-bond donors (Lipinski definition) is 2. The Bertz CT molecular complexity index is 943.